The fourth-order valence-corrected chi connectivity index (χ4v) is 4.96. The second-order valence-electron chi connectivity index (χ2n) is 8.46. The van der Waals surface area contributed by atoms with Crippen molar-refractivity contribution in [3.63, 3.8) is 0 Å². The topological polar surface area (TPSA) is 0 Å². The maximum absolute atomic E-state index is 2.39. The van der Waals surface area contributed by atoms with Crippen LogP contribution in [0.2, 0.25) is 0 Å². The Balaban J connectivity index is 1.97. The van der Waals surface area contributed by atoms with E-state index >= 15 is 0 Å². The minimum absolute atomic E-state index is 1.25. The van der Waals surface area contributed by atoms with Crippen molar-refractivity contribution in [1.82, 2.24) is 0 Å². The maximum Gasteiger partial charge on any atom is -0.00262 e. The molecule has 0 aliphatic rings. The summed E-state index contributed by atoms with van der Waals surface area (Å²) in [5.41, 5.74) is 8.94. The van der Waals surface area contributed by atoms with Crippen LogP contribution in [0.25, 0.3) is 49.4 Å². The summed E-state index contributed by atoms with van der Waals surface area (Å²) in [6, 6.07) is 37.4. The molecule has 0 atom stereocenters. The van der Waals surface area contributed by atoms with Gasteiger partial charge in [-0.05, 0) is 87.3 Å². The van der Waals surface area contributed by atoms with Crippen molar-refractivity contribution in [3.8, 4) is 22.3 Å². The molecule has 0 saturated carbocycles. The number of hydrogen-bond donors (Lipinski definition) is 0. The second-order valence-corrected chi connectivity index (χ2v) is 8.46. The SMILES string of the molecule is C/C=C(C)\C(=C/C)c1ccc2c(-c3ccccc3)c3ccccc3c(-c3ccccc3)c2c1. The fourth-order valence-electron chi connectivity index (χ4n) is 4.96. The molecule has 0 fully saturated rings. The molecule has 5 aromatic carbocycles. The smallest absolute Gasteiger partial charge is 0.00262 e. The van der Waals surface area contributed by atoms with Gasteiger partial charge in [-0.1, -0.05) is 109 Å². The van der Waals surface area contributed by atoms with Crippen LogP contribution >= 0.6 is 0 Å². The quantitative estimate of drug-likeness (QED) is 0.199. The summed E-state index contributed by atoms with van der Waals surface area (Å²) >= 11 is 0. The third kappa shape index (κ3) is 3.68. The molecule has 33 heavy (non-hydrogen) atoms. The van der Waals surface area contributed by atoms with Crippen LogP contribution in [0.15, 0.2) is 121 Å². The van der Waals surface area contributed by atoms with Crippen molar-refractivity contribution in [2.45, 2.75) is 20.8 Å². The van der Waals surface area contributed by atoms with E-state index in [0.29, 0.717) is 0 Å². The summed E-state index contributed by atoms with van der Waals surface area (Å²) in [7, 11) is 0. The zero-order valence-corrected chi connectivity index (χ0v) is 19.5. The lowest BCUT2D eigenvalue weighted by atomic mass is 9.84. The van der Waals surface area contributed by atoms with Crippen LogP contribution in [0.1, 0.15) is 26.3 Å². The lowest BCUT2D eigenvalue weighted by molar-refractivity contribution is 1.45. The van der Waals surface area contributed by atoms with Crippen molar-refractivity contribution in [1.29, 1.82) is 0 Å². The van der Waals surface area contributed by atoms with Crippen molar-refractivity contribution in [2.24, 2.45) is 0 Å². The van der Waals surface area contributed by atoms with E-state index in [1.165, 1.54) is 60.5 Å². The average molecular weight is 425 g/mol. The van der Waals surface area contributed by atoms with Gasteiger partial charge in [-0.2, -0.15) is 0 Å². The van der Waals surface area contributed by atoms with E-state index in [1.807, 2.05) is 0 Å². The van der Waals surface area contributed by atoms with Gasteiger partial charge in [-0.15, -0.1) is 0 Å². The van der Waals surface area contributed by atoms with E-state index in [1.54, 1.807) is 0 Å². The maximum atomic E-state index is 2.39. The van der Waals surface area contributed by atoms with Gasteiger partial charge in [0.1, 0.15) is 0 Å². The van der Waals surface area contributed by atoms with Crippen LogP contribution in [-0.2, 0) is 0 Å². The van der Waals surface area contributed by atoms with Crippen LogP contribution < -0.4 is 0 Å². The Labute approximate surface area is 196 Å². The highest BCUT2D eigenvalue weighted by Crippen LogP contribution is 2.44. The van der Waals surface area contributed by atoms with Gasteiger partial charge in [0.05, 0.1) is 0 Å². The minimum atomic E-state index is 1.25. The first-order chi connectivity index (χ1) is 16.2. The highest BCUT2D eigenvalue weighted by atomic mass is 14.2. The molecule has 0 heterocycles. The Morgan fingerprint density at radius 1 is 0.515 bits per heavy atom. The Hall–Kier alpha value is -3.90. The van der Waals surface area contributed by atoms with E-state index in [2.05, 4.69) is 136 Å². The minimum Gasteiger partial charge on any atom is -0.0841 e. The van der Waals surface area contributed by atoms with Gasteiger partial charge in [0.15, 0.2) is 0 Å². The molecule has 0 nitrogen and oxygen atoms in total. The van der Waals surface area contributed by atoms with E-state index in [4.69, 9.17) is 0 Å². The molecule has 5 aromatic rings. The Morgan fingerprint density at radius 2 is 1.00 bits per heavy atom. The molecule has 5 rings (SSSR count). The fraction of sp³-hybridized carbons (Fsp3) is 0.0909. The molecular weight excluding hydrogens is 396 g/mol. The summed E-state index contributed by atoms with van der Waals surface area (Å²) < 4.78 is 0. The van der Waals surface area contributed by atoms with Crippen LogP contribution in [0.3, 0.4) is 0 Å². The van der Waals surface area contributed by atoms with Crippen LogP contribution in [-0.4, -0.2) is 0 Å². The van der Waals surface area contributed by atoms with Crippen LogP contribution in [0, 0.1) is 0 Å². The normalized spacial score (nSPS) is 12.5. The van der Waals surface area contributed by atoms with Crippen molar-refractivity contribution in [3.05, 3.63) is 126 Å². The Kier molecular flexibility index (Phi) is 5.67. The predicted octanol–water partition coefficient (Wildman–Crippen LogP) is 9.70. The lowest BCUT2D eigenvalue weighted by Crippen LogP contribution is -1.93. The molecule has 0 saturated heterocycles. The lowest BCUT2D eigenvalue weighted by Gasteiger charge is -2.19. The van der Waals surface area contributed by atoms with Crippen molar-refractivity contribution < 1.29 is 0 Å². The van der Waals surface area contributed by atoms with Crippen LogP contribution in [0.5, 0.6) is 0 Å². The average Bonchev–Trinajstić information content (AvgIpc) is 2.88. The number of rotatable bonds is 4. The Morgan fingerprint density at radius 3 is 1.52 bits per heavy atom. The van der Waals surface area contributed by atoms with Gasteiger partial charge < -0.3 is 0 Å². The van der Waals surface area contributed by atoms with Crippen molar-refractivity contribution in [2.75, 3.05) is 0 Å². The highest BCUT2D eigenvalue weighted by Gasteiger charge is 2.17. The molecule has 0 heteroatoms. The van der Waals surface area contributed by atoms with Gasteiger partial charge in [0.2, 0.25) is 0 Å². The van der Waals surface area contributed by atoms with Gasteiger partial charge in [-0.25, -0.2) is 0 Å². The van der Waals surface area contributed by atoms with Crippen LogP contribution in [0.4, 0.5) is 0 Å². The molecule has 0 aromatic heterocycles. The second kappa shape index (κ2) is 8.92. The highest BCUT2D eigenvalue weighted by molar-refractivity contribution is 6.21. The molecule has 160 valence electrons. The summed E-state index contributed by atoms with van der Waals surface area (Å²) in [4.78, 5) is 0. The Bertz CT molecular complexity index is 1500. The molecule has 0 aliphatic carbocycles. The summed E-state index contributed by atoms with van der Waals surface area (Å²) in [6.45, 7) is 6.42. The number of hydrogen-bond acceptors (Lipinski definition) is 0. The number of fused-ring (bicyclic) bond motifs is 2. The summed E-state index contributed by atoms with van der Waals surface area (Å²) in [5, 5.41) is 5.16. The molecule has 0 N–H and O–H groups in total. The zero-order chi connectivity index (χ0) is 22.8. The molecule has 0 radical (unpaired) electrons. The number of benzene rings is 5. The van der Waals surface area contributed by atoms with Gasteiger partial charge in [-0.3, -0.25) is 0 Å². The number of allylic oxidation sites excluding steroid dienone is 4. The molecule has 0 bridgehead atoms. The molecule has 0 spiro atoms. The van der Waals surface area contributed by atoms with E-state index < -0.39 is 0 Å². The van der Waals surface area contributed by atoms with Crippen molar-refractivity contribution >= 4 is 27.1 Å². The zero-order valence-electron chi connectivity index (χ0n) is 19.5. The van der Waals surface area contributed by atoms with E-state index in [9.17, 15) is 0 Å². The first-order valence-corrected chi connectivity index (χ1v) is 11.6. The molecular formula is C33H28. The van der Waals surface area contributed by atoms with Gasteiger partial charge >= 0.3 is 0 Å². The molecule has 0 amide bonds. The molecule has 0 unspecified atom stereocenters. The first-order valence-electron chi connectivity index (χ1n) is 11.6. The largest absolute Gasteiger partial charge is 0.0841 e. The van der Waals surface area contributed by atoms with Gasteiger partial charge in [0, 0.05) is 0 Å². The predicted molar refractivity (Wildman–Crippen MR) is 145 cm³/mol. The third-order valence-electron chi connectivity index (χ3n) is 6.61. The van der Waals surface area contributed by atoms with E-state index in [0.717, 1.165) is 0 Å². The third-order valence-corrected chi connectivity index (χ3v) is 6.61. The molecule has 0 aliphatic heterocycles. The van der Waals surface area contributed by atoms with E-state index in [-0.39, 0.29) is 0 Å². The first kappa shape index (κ1) is 21.0. The van der Waals surface area contributed by atoms with Gasteiger partial charge in [0.25, 0.3) is 0 Å². The monoisotopic (exact) mass is 424 g/mol. The summed E-state index contributed by atoms with van der Waals surface area (Å²) in [6.07, 6.45) is 4.41. The standard InChI is InChI=1S/C33H28/c1-4-23(3)27(5-2)26-20-21-30-31(22-26)33(25-16-10-7-11-17-25)29-19-13-12-18-28(29)32(30)24-14-8-6-9-15-24/h4-22H,1-3H3/b23-4-,27-5+. The summed E-state index contributed by atoms with van der Waals surface area (Å²) in [5.74, 6) is 0.